The first-order valence-electron chi connectivity index (χ1n) is 7.67. The van der Waals surface area contributed by atoms with E-state index in [1.807, 2.05) is 0 Å². The largest absolute Gasteiger partial charge is 0.450 e. The molecule has 7 nitrogen and oxygen atoms in total. The zero-order valence-electron chi connectivity index (χ0n) is 13.1. The SMILES string of the molecule is CCCc1ncncc1C(=O)N1CCN(C(=O)OCC)CC1. The van der Waals surface area contributed by atoms with E-state index < -0.39 is 0 Å². The molecular formula is C15H22N4O3. The molecule has 0 N–H and O–H groups in total. The molecule has 1 fully saturated rings. The second-order valence-electron chi connectivity index (χ2n) is 5.11. The number of hydrogen-bond donors (Lipinski definition) is 0. The van der Waals surface area contributed by atoms with E-state index in [0.717, 1.165) is 18.5 Å². The van der Waals surface area contributed by atoms with Gasteiger partial charge in [0.25, 0.3) is 5.91 Å². The van der Waals surface area contributed by atoms with Crippen LogP contribution in [0.2, 0.25) is 0 Å². The minimum absolute atomic E-state index is 0.0624. The molecule has 2 amide bonds. The molecule has 0 aromatic carbocycles. The minimum atomic E-state index is -0.315. The van der Waals surface area contributed by atoms with Gasteiger partial charge in [-0.2, -0.15) is 0 Å². The Balaban J connectivity index is 1.99. The summed E-state index contributed by atoms with van der Waals surface area (Å²) in [6, 6.07) is 0. The maximum absolute atomic E-state index is 12.6. The van der Waals surface area contributed by atoms with Crippen LogP contribution in [0.4, 0.5) is 4.79 Å². The summed E-state index contributed by atoms with van der Waals surface area (Å²) in [5.74, 6) is -0.0624. The normalized spacial score (nSPS) is 14.8. The molecule has 1 aliphatic heterocycles. The lowest BCUT2D eigenvalue weighted by atomic mass is 10.1. The van der Waals surface area contributed by atoms with Gasteiger partial charge in [-0.05, 0) is 13.3 Å². The lowest BCUT2D eigenvalue weighted by Gasteiger charge is -2.34. The first-order valence-corrected chi connectivity index (χ1v) is 7.67. The van der Waals surface area contributed by atoms with Crippen molar-refractivity contribution in [2.45, 2.75) is 26.7 Å². The quantitative estimate of drug-likeness (QED) is 0.839. The van der Waals surface area contributed by atoms with Crippen LogP contribution < -0.4 is 0 Å². The van der Waals surface area contributed by atoms with E-state index in [1.165, 1.54) is 6.33 Å². The fourth-order valence-electron chi connectivity index (χ4n) is 2.45. The summed E-state index contributed by atoms with van der Waals surface area (Å²) in [7, 11) is 0. The van der Waals surface area contributed by atoms with Gasteiger partial charge in [-0.1, -0.05) is 13.3 Å². The van der Waals surface area contributed by atoms with Crippen molar-refractivity contribution < 1.29 is 14.3 Å². The summed E-state index contributed by atoms with van der Waals surface area (Å²) in [4.78, 5) is 35.8. The van der Waals surface area contributed by atoms with Gasteiger partial charge in [0.1, 0.15) is 6.33 Å². The summed E-state index contributed by atoms with van der Waals surface area (Å²) >= 11 is 0. The molecule has 7 heteroatoms. The first-order chi connectivity index (χ1) is 10.7. The van der Waals surface area contributed by atoms with Gasteiger partial charge in [0, 0.05) is 32.4 Å². The third-order valence-corrected chi connectivity index (χ3v) is 3.60. The zero-order valence-corrected chi connectivity index (χ0v) is 13.1. The minimum Gasteiger partial charge on any atom is -0.450 e. The number of nitrogens with zero attached hydrogens (tertiary/aromatic N) is 4. The van der Waals surface area contributed by atoms with E-state index in [1.54, 1.807) is 22.9 Å². The van der Waals surface area contributed by atoms with Crippen LogP contribution >= 0.6 is 0 Å². The molecule has 1 aliphatic rings. The summed E-state index contributed by atoms with van der Waals surface area (Å²) in [6.07, 6.45) is 4.42. The molecule has 1 aromatic heterocycles. The highest BCUT2D eigenvalue weighted by atomic mass is 16.6. The van der Waals surface area contributed by atoms with Crippen molar-refractivity contribution in [3.8, 4) is 0 Å². The molecule has 0 bridgehead atoms. The Hall–Kier alpha value is -2.18. The Labute approximate surface area is 130 Å². The highest BCUT2D eigenvalue weighted by molar-refractivity contribution is 5.95. The predicted molar refractivity (Wildman–Crippen MR) is 80.5 cm³/mol. The van der Waals surface area contributed by atoms with Crippen molar-refractivity contribution >= 4 is 12.0 Å². The van der Waals surface area contributed by atoms with Crippen LogP contribution in [0.5, 0.6) is 0 Å². The van der Waals surface area contributed by atoms with Crippen LogP contribution in [-0.2, 0) is 11.2 Å². The fraction of sp³-hybridized carbons (Fsp3) is 0.600. The molecule has 2 heterocycles. The molecule has 1 saturated heterocycles. The number of piperazine rings is 1. The number of rotatable bonds is 4. The molecule has 1 aromatic rings. The van der Waals surface area contributed by atoms with Gasteiger partial charge < -0.3 is 14.5 Å². The molecule has 0 unspecified atom stereocenters. The summed E-state index contributed by atoms with van der Waals surface area (Å²) < 4.78 is 4.98. The number of aromatic nitrogens is 2. The number of carbonyl (C=O) groups excluding carboxylic acids is 2. The number of carbonyl (C=O) groups is 2. The van der Waals surface area contributed by atoms with E-state index in [2.05, 4.69) is 16.9 Å². The lowest BCUT2D eigenvalue weighted by molar-refractivity contribution is 0.0568. The molecule has 0 aliphatic carbocycles. The second-order valence-corrected chi connectivity index (χ2v) is 5.11. The van der Waals surface area contributed by atoms with Crippen molar-refractivity contribution in [3.63, 3.8) is 0 Å². The number of ether oxygens (including phenoxy) is 1. The van der Waals surface area contributed by atoms with Gasteiger partial charge in [0.05, 0.1) is 17.9 Å². The van der Waals surface area contributed by atoms with Crippen LogP contribution in [0.25, 0.3) is 0 Å². The molecular weight excluding hydrogens is 284 g/mol. The van der Waals surface area contributed by atoms with E-state index in [-0.39, 0.29) is 12.0 Å². The Kier molecular flexibility index (Phi) is 5.68. The van der Waals surface area contributed by atoms with Crippen LogP contribution in [0, 0.1) is 0 Å². The summed E-state index contributed by atoms with van der Waals surface area (Å²) in [5, 5.41) is 0. The third kappa shape index (κ3) is 3.72. The second kappa shape index (κ2) is 7.72. The molecule has 0 saturated carbocycles. The molecule has 0 atom stereocenters. The average molecular weight is 306 g/mol. The lowest BCUT2D eigenvalue weighted by Crippen LogP contribution is -2.50. The highest BCUT2D eigenvalue weighted by Gasteiger charge is 2.26. The van der Waals surface area contributed by atoms with Crippen LogP contribution in [-0.4, -0.2) is 64.6 Å². The van der Waals surface area contributed by atoms with Crippen molar-refractivity contribution in [2.24, 2.45) is 0 Å². The van der Waals surface area contributed by atoms with Crippen molar-refractivity contribution in [1.82, 2.24) is 19.8 Å². The predicted octanol–water partition coefficient (Wildman–Crippen LogP) is 1.34. The van der Waals surface area contributed by atoms with Gasteiger partial charge >= 0.3 is 6.09 Å². The average Bonchev–Trinajstić information content (AvgIpc) is 2.55. The summed E-state index contributed by atoms with van der Waals surface area (Å²) in [5.41, 5.74) is 1.35. The number of amides is 2. The van der Waals surface area contributed by atoms with Gasteiger partial charge in [0.2, 0.25) is 0 Å². The van der Waals surface area contributed by atoms with Gasteiger partial charge in [0.15, 0.2) is 0 Å². The molecule has 2 rings (SSSR count). The molecule has 120 valence electrons. The van der Waals surface area contributed by atoms with Crippen molar-refractivity contribution in [3.05, 3.63) is 23.8 Å². The maximum atomic E-state index is 12.6. The Morgan fingerprint density at radius 2 is 1.86 bits per heavy atom. The third-order valence-electron chi connectivity index (χ3n) is 3.60. The summed E-state index contributed by atoms with van der Waals surface area (Å²) in [6.45, 7) is 6.16. The number of aryl methyl sites for hydroxylation is 1. The Bertz CT molecular complexity index is 527. The van der Waals surface area contributed by atoms with E-state index >= 15 is 0 Å². The van der Waals surface area contributed by atoms with Gasteiger partial charge in [-0.25, -0.2) is 14.8 Å². The zero-order chi connectivity index (χ0) is 15.9. The fourth-order valence-corrected chi connectivity index (χ4v) is 2.45. The Morgan fingerprint density at radius 1 is 1.18 bits per heavy atom. The van der Waals surface area contributed by atoms with Gasteiger partial charge in [-0.3, -0.25) is 4.79 Å². The van der Waals surface area contributed by atoms with E-state index in [9.17, 15) is 9.59 Å². The maximum Gasteiger partial charge on any atom is 0.409 e. The van der Waals surface area contributed by atoms with Crippen molar-refractivity contribution in [1.29, 1.82) is 0 Å². The molecule has 0 radical (unpaired) electrons. The van der Waals surface area contributed by atoms with E-state index in [0.29, 0.717) is 38.3 Å². The van der Waals surface area contributed by atoms with Crippen molar-refractivity contribution in [2.75, 3.05) is 32.8 Å². The van der Waals surface area contributed by atoms with E-state index in [4.69, 9.17) is 4.74 Å². The topological polar surface area (TPSA) is 75.6 Å². The monoisotopic (exact) mass is 306 g/mol. The Morgan fingerprint density at radius 3 is 2.50 bits per heavy atom. The highest BCUT2D eigenvalue weighted by Crippen LogP contribution is 2.13. The van der Waals surface area contributed by atoms with Crippen LogP contribution in [0.3, 0.4) is 0 Å². The number of hydrogen-bond acceptors (Lipinski definition) is 5. The first kappa shape index (κ1) is 16.2. The standard InChI is InChI=1S/C15H22N4O3/c1-3-5-13-12(10-16-11-17-13)14(20)18-6-8-19(9-7-18)15(21)22-4-2/h10-11H,3-9H2,1-2H3. The molecule has 0 spiro atoms. The van der Waals surface area contributed by atoms with Crippen LogP contribution in [0.15, 0.2) is 12.5 Å². The smallest absolute Gasteiger partial charge is 0.409 e. The molecule has 22 heavy (non-hydrogen) atoms. The van der Waals surface area contributed by atoms with Crippen LogP contribution in [0.1, 0.15) is 36.3 Å². The van der Waals surface area contributed by atoms with Gasteiger partial charge in [-0.15, -0.1) is 0 Å².